The predicted octanol–water partition coefficient (Wildman–Crippen LogP) is 2.54. The van der Waals surface area contributed by atoms with Gasteiger partial charge in [-0.15, -0.1) is 6.58 Å². The number of benzene rings is 1. The average Bonchev–Trinajstić information content (AvgIpc) is 2.40. The van der Waals surface area contributed by atoms with E-state index in [1.54, 1.807) is 0 Å². The molecule has 0 heterocycles. The van der Waals surface area contributed by atoms with Gasteiger partial charge in [-0.2, -0.15) is 13.2 Å². The number of alkyl halides is 3. The van der Waals surface area contributed by atoms with Crippen molar-refractivity contribution in [2.45, 2.75) is 6.18 Å². The van der Waals surface area contributed by atoms with Crippen molar-refractivity contribution in [2.75, 3.05) is 13.1 Å². The molecule has 6 heteroatoms. The molecule has 2 N–H and O–H groups in total. The SMILES string of the molecule is C=CCNC(=O)NCC#Cc1ccccc1C(F)(F)F. The van der Waals surface area contributed by atoms with E-state index in [2.05, 4.69) is 29.1 Å². The highest BCUT2D eigenvalue weighted by molar-refractivity contribution is 5.74. The minimum Gasteiger partial charge on any atom is -0.335 e. The molecule has 0 aliphatic rings. The van der Waals surface area contributed by atoms with E-state index in [-0.39, 0.29) is 12.1 Å². The van der Waals surface area contributed by atoms with E-state index < -0.39 is 17.8 Å². The maximum Gasteiger partial charge on any atom is 0.417 e. The Hall–Kier alpha value is -2.42. The highest BCUT2D eigenvalue weighted by Crippen LogP contribution is 2.31. The van der Waals surface area contributed by atoms with Gasteiger partial charge >= 0.3 is 12.2 Å². The van der Waals surface area contributed by atoms with Crippen LogP contribution in [0.15, 0.2) is 36.9 Å². The second kappa shape index (κ2) is 7.24. The molecule has 0 aliphatic carbocycles. The molecule has 2 amide bonds. The van der Waals surface area contributed by atoms with Gasteiger partial charge in [-0.3, -0.25) is 0 Å². The van der Waals surface area contributed by atoms with Gasteiger partial charge in [-0.05, 0) is 12.1 Å². The summed E-state index contributed by atoms with van der Waals surface area (Å²) < 4.78 is 38.0. The van der Waals surface area contributed by atoms with Gasteiger partial charge in [0, 0.05) is 12.1 Å². The molecule has 0 saturated heterocycles. The molecular weight excluding hydrogens is 269 g/mol. The molecule has 1 aromatic carbocycles. The van der Waals surface area contributed by atoms with Crippen molar-refractivity contribution in [3.8, 4) is 11.8 Å². The van der Waals surface area contributed by atoms with Crippen molar-refractivity contribution in [3.63, 3.8) is 0 Å². The van der Waals surface area contributed by atoms with Crippen LogP contribution in [0.2, 0.25) is 0 Å². The van der Waals surface area contributed by atoms with Crippen LogP contribution in [0.1, 0.15) is 11.1 Å². The zero-order chi connectivity index (χ0) is 15.0. The van der Waals surface area contributed by atoms with Gasteiger partial charge in [0.25, 0.3) is 0 Å². The second-order valence-electron chi connectivity index (χ2n) is 3.70. The first kappa shape index (κ1) is 15.6. The van der Waals surface area contributed by atoms with Crippen LogP contribution < -0.4 is 10.6 Å². The number of rotatable bonds is 3. The van der Waals surface area contributed by atoms with Gasteiger partial charge in [-0.1, -0.05) is 30.0 Å². The van der Waals surface area contributed by atoms with Gasteiger partial charge in [0.1, 0.15) is 0 Å². The van der Waals surface area contributed by atoms with E-state index in [0.717, 1.165) is 6.07 Å². The van der Waals surface area contributed by atoms with Gasteiger partial charge in [0.05, 0.1) is 12.1 Å². The lowest BCUT2D eigenvalue weighted by Crippen LogP contribution is -2.35. The summed E-state index contributed by atoms with van der Waals surface area (Å²) in [5.74, 6) is 4.87. The Morgan fingerprint density at radius 1 is 1.30 bits per heavy atom. The summed E-state index contributed by atoms with van der Waals surface area (Å²) in [7, 11) is 0. The zero-order valence-corrected chi connectivity index (χ0v) is 10.6. The van der Waals surface area contributed by atoms with E-state index in [9.17, 15) is 18.0 Å². The highest BCUT2D eigenvalue weighted by atomic mass is 19.4. The van der Waals surface area contributed by atoms with Crippen LogP contribution in [0.5, 0.6) is 0 Å². The van der Waals surface area contributed by atoms with Crippen LogP contribution in [0, 0.1) is 11.8 Å². The van der Waals surface area contributed by atoms with E-state index in [1.165, 1.54) is 24.3 Å². The molecule has 3 nitrogen and oxygen atoms in total. The standard InChI is InChI=1S/C14H13F3N2O/c1-2-9-18-13(20)19-10-5-7-11-6-3-4-8-12(11)14(15,16)17/h2-4,6,8H,1,9-10H2,(H2,18,19,20). The van der Waals surface area contributed by atoms with Crippen LogP contribution in [0.25, 0.3) is 0 Å². The Labute approximate surface area is 114 Å². The molecule has 0 aromatic heterocycles. The Bertz CT molecular complexity index is 541. The van der Waals surface area contributed by atoms with Gasteiger partial charge in [-0.25, -0.2) is 4.79 Å². The smallest absolute Gasteiger partial charge is 0.335 e. The van der Waals surface area contributed by atoms with Crippen molar-refractivity contribution >= 4 is 6.03 Å². The molecule has 0 radical (unpaired) electrons. The number of nitrogens with one attached hydrogen (secondary N) is 2. The Morgan fingerprint density at radius 3 is 2.65 bits per heavy atom. The third kappa shape index (κ3) is 5.06. The second-order valence-corrected chi connectivity index (χ2v) is 3.70. The Morgan fingerprint density at radius 2 is 2.00 bits per heavy atom. The number of halogens is 3. The monoisotopic (exact) mass is 282 g/mol. The molecule has 0 spiro atoms. The molecule has 0 bridgehead atoms. The maximum absolute atomic E-state index is 12.7. The molecule has 0 aliphatic heterocycles. The van der Waals surface area contributed by atoms with Crippen LogP contribution >= 0.6 is 0 Å². The third-order valence-electron chi connectivity index (χ3n) is 2.20. The fraction of sp³-hybridized carbons (Fsp3) is 0.214. The van der Waals surface area contributed by atoms with Crippen LogP contribution in [0.4, 0.5) is 18.0 Å². The molecule has 1 rings (SSSR count). The molecule has 106 valence electrons. The number of urea groups is 1. The molecular formula is C14H13F3N2O. The van der Waals surface area contributed by atoms with Crippen molar-refractivity contribution in [1.29, 1.82) is 0 Å². The first-order valence-electron chi connectivity index (χ1n) is 5.73. The largest absolute Gasteiger partial charge is 0.417 e. The van der Waals surface area contributed by atoms with E-state index in [1.807, 2.05) is 0 Å². The van der Waals surface area contributed by atoms with Crippen LogP contribution in [-0.4, -0.2) is 19.1 Å². The number of hydrogen-bond donors (Lipinski definition) is 2. The lowest BCUT2D eigenvalue weighted by molar-refractivity contribution is -0.137. The summed E-state index contributed by atoms with van der Waals surface area (Å²) in [6.45, 7) is 3.68. The molecule has 0 atom stereocenters. The first-order chi connectivity index (χ1) is 9.45. The number of carbonyl (C=O) groups is 1. The molecule has 1 aromatic rings. The van der Waals surface area contributed by atoms with Gasteiger partial charge in [0.2, 0.25) is 0 Å². The van der Waals surface area contributed by atoms with Gasteiger partial charge < -0.3 is 10.6 Å². The molecule has 0 unspecified atom stereocenters. The lowest BCUT2D eigenvalue weighted by Gasteiger charge is -2.08. The molecule has 20 heavy (non-hydrogen) atoms. The van der Waals surface area contributed by atoms with Crippen molar-refractivity contribution in [3.05, 3.63) is 48.0 Å². The molecule has 0 fully saturated rings. The normalized spacial score (nSPS) is 10.2. The topological polar surface area (TPSA) is 41.1 Å². The minimum atomic E-state index is -4.44. The van der Waals surface area contributed by atoms with Crippen molar-refractivity contribution in [2.24, 2.45) is 0 Å². The maximum atomic E-state index is 12.7. The lowest BCUT2D eigenvalue weighted by atomic mass is 10.1. The minimum absolute atomic E-state index is 0.0465. The summed E-state index contributed by atoms with van der Waals surface area (Å²) in [4.78, 5) is 11.1. The number of hydrogen-bond acceptors (Lipinski definition) is 1. The summed E-state index contributed by atoms with van der Waals surface area (Å²) in [6, 6.07) is 4.57. The van der Waals surface area contributed by atoms with E-state index >= 15 is 0 Å². The quantitative estimate of drug-likeness (QED) is 0.649. The fourth-order valence-corrected chi connectivity index (χ4v) is 1.33. The predicted molar refractivity (Wildman–Crippen MR) is 69.9 cm³/mol. The van der Waals surface area contributed by atoms with E-state index in [0.29, 0.717) is 6.54 Å². The third-order valence-corrected chi connectivity index (χ3v) is 2.20. The number of carbonyl (C=O) groups excluding carboxylic acids is 1. The summed E-state index contributed by atoms with van der Waals surface area (Å²) in [5.41, 5.74) is -0.906. The average molecular weight is 282 g/mol. The Balaban J connectivity index is 2.65. The summed E-state index contributed by atoms with van der Waals surface area (Å²) in [6.07, 6.45) is -2.94. The van der Waals surface area contributed by atoms with Crippen LogP contribution in [0.3, 0.4) is 0 Å². The van der Waals surface area contributed by atoms with Crippen LogP contribution in [-0.2, 0) is 6.18 Å². The summed E-state index contributed by atoms with van der Waals surface area (Å²) >= 11 is 0. The first-order valence-corrected chi connectivity index (χ1v) is 5.73. The van der Waals surface area contributed by atoms with Crippen molar-refractivity contribution in [1.82, 2.24) is 10.6 Å². The van der Waals surface area contributed by atoms with Crippen molar-refractivity contribution < 1.29 is 18.0 Å². The van der Waals surface area contributed by atoms with Gasteiger partial charge in [0.15, 0.2) is 0 Å². The molecule has 0 saturated carbocycles. The fourth-order valence-electron chi connectivity index (χ4n) is 1.33. The summed E-state index contributed by atoms with van der Waals surface area (Å²) in [5, 5.41) is 4.84. The zero-order valence-electron chi connectivity index (χ0n) is 10.6. The highest BCUT2D eigenvalue weighted by Gasteiger charge is 2.32. The number of amides is 2. The van der Waals surface area contributed by atoms with E-state index in [4.69, 9.17) is 0 Å². The Kier molecular flexibility index (Phi) is 5.66.